The third-order valence-electron chi connectivity index (χ3n) is 2.34. The van der Waals surface area contributed by atoms with Gasteiger partial charge in [-0.05, 0) is 12.0 Å². The van der Waals surface area contributed by atoms with Crippen molar-refractivity contribution in [3.05, 3.63) is 35.9 Å². The molecule has 5 nitrogen and oxygen atoms in total. The van der Waals surface area contributed by atoms with E-state index in [0.29, 0.717) is 6.42 Å². The zero-order chi connectivity index (χ0) is 12.9. The van der Waals surface area contributed by atoms with E-state index in [1.807, 2.05) is 30.3 Å². The van der Waals surface area contributed by atoms with Gasteiger partial charge in [0.1, 0.15) is 0 Å². The molecular formula is C11H18N2O3S. The molecule has 0 spiro atoms. The smallest absolute Gasteiger partial charge is 0.279 e. The van der Waals surface area contributed by atoms with E-state index in [2.05, 4.69) is 4.72 Å². The Bertz CT molecular complexity index is 431. The van der Waals surface area contributed by atoms with Gasteiger partial charge in [-0.3, -0.25) is 0 Å². The maximum atomic E-state index is 11.6. The molecule has 0 fully saturated rings. The van der Waals surface area contributed by atoms with E-state index in [1.54, 1.807) is 0 Å². The summed E-state index contributed by atoms with van der Waals surface area (Å²) in [5.41, 5.74) is 0.980. The summed E-state index contributed by atoms with van der Waals surface area (Å²) < 4.78 is 26.7. The first kappa shape index (κ1) is 14.1. The molecule has 0 heterocycles. The van der Waals surface area contributed by atoms with Crippen LogP contribution >= 0.6 is 0 Å². The van der Waals surface area contributed by atoms with Gasteiger partial charge < -0.3 is 5.11 Å². The maximum Gasteiger partial charge on any atom is 0.279 e. The number of rotatable bonds is 6. The fraction of sp³-hybridized carbons (Fsp3) is 0.455. The van der Waals surface area contributed by atoms with Gasteiger partial charge in [-0.2, -0.15) is 17.4 Å². The van der Waals surface area contributed by atoms with Crippen molar-refractivity contribution >= 4 is 10.2 Å². The number of benzene rings is 1. The number of nitrogens with zero attached hydrogens (tertiary/aromatic N) is 1. The lowest BCUT2D eigenvalue weighted by atomic mass is 10.1. The van der Waals surface area contributed by atoms with Crippen molar-refractivity contribution in [2.24, 2.45) is 0 Å². The van der Waals surface area contributed by atoms with Crippen molar-refractivity contribution in [2.45, 2.75) is 12.5 Å². The molecule has 0 saturated carbocycles. The van der Waals surface area contributed by atoms with E-state index in [4.69, 9.17) is 0 Å². The van der Waals surface area contributed by atoms with Crippen LogP contribution in [0.15, 0.2) is 30.3 Å². The van der Waals surface area contributed by atoms with E-state index in [0.717, 1.165) is 9.87 Å². The highest BCUT2D eigenvalue weighted by Gasteiger charge is 2.19. The van der Waals surface area contributed by atoms with Gasteiger partial charge in [0, 0.05) is 14.1 Å². The van der Waals surface area contributed by atoms with Crippen LogP contribution in [0.5, 0.6) is 0 Å². The molecule has 0 aliphatic heterocycles. The zero-order valence-electron chi connectivity index (χ0n) is 10.00. The van der Waals surface area contributed by atoms with Gasteiger partial charge in [0.05, 0.1) is 12.6 Å². The highest BCUT2D eigenvalue weighted by molar-refractivity contribution is 7.87. The molecule has 0 aliphatic rings. The number of hydrogen-bond acceptors (Lipinski definition) is 3. The lowest BCUT2D eigenvalue weighted by Crippen LogP contribution is -2.44. The summed E-state index contributed by atoms with van der Waals surface area (Å²) >= 11 is 0. The summed E-state index contributed by atoms with van der Waals surface area (Å²) in [7, 11) is -0.619. The van der Waals surface area contributed by atoms with Crippen molar-refractivity contribution in [3.8, 4) is 0 Å². The molecule has 0 aliphatic carbocycles. The summed E-state index contributed by atoms with van der Waals surface area (Å²) in [6.07, 6.45) is 0.463. The Morgan fingerprint density at radius 1 is 1.29 bits per heavy atom. The van der Waals surface area contributed by atoms with Crippen LogP contribution in [0.2, 0.25) is 0 Å². The zero-order valence-corrected chi connectivity index (χ0v) is 10.8. The monoisotopic (exact) mass is 258 g/mol. The molecule has 0 saturated heterocycles. The molecule has 1 rings (SSSR count). The Morgan fingerprint density at radius 3 is 2.35 bits per heavy atom. The van der Waals surface area contributed by atoms with E-state index >= 15 is 0 Å². The summed E-state index contributed by atoms with van der Waals surface area (Å²) in [6.45, 7) is -0.234. The average molecular weight is 258 g/mol. The number of aliphatic hydroxyl groups is 1. The number of hydrogen-bond donors (Lipinski definition) is 2. The van der Waals surface area contributed by atoms with Gasteiger partial charge >= 0.3 is 0 Å². The predicted octanol–water partition coefficient (Wildman–Crippen LogP) is -0.0140. The molecule has 2 N–H and O–H groups in total. The fourth-order valence-electron chi connectivity index (χ4n) is 1.36. The minimum atomic E-state index is -3.51. The molecule has 0 bridgehead atoms. The highest BCUT2D eigenvalue weighted by Crippen LogP contribution is 2.04. The van der Waals surface area contributed by atoms with E-state index in [9.17, 15) is 13.5 Å². The lowest BCUT2D eigenvalue weighted by Gasteiger charge is -2.19. The second-order valence-electron chi connectivity index (χ2n) is 3.97. The normalized spacial score (nSPS) is 13.9. The Morgan fingerprint density at radius 2 is 1.88 bits per heavy atom. The van der Waals surface area contributed by atoms with Crippen molar-refractivity contribution < 1.29 is 13.5 Å². The van der Waals surface area contributed by atoms with Crippen LogP contribution in [0, 0.1) is 0 Å². The van der Waals surface area contributed by atoms with Crippen molar-refractivity contribution in [1.29, 1.82) is 0 Å². The fourth-order valence-corrected chi connectivity index (χ4v) is 2.15. The molecule has 6 heteroatoms. The van der Waals surface area contributed by atoms with Crippen LogP contribution in [0.4, 0.5) is 0 Å². The second kappa shape index (κ2) is 6.11. The number of nitrogens with one attached hydrogen (secondary N) is 1. The standard InChI is InChI=1S/C11H18N2O3S/c1-13(2)17(15,16)12-11(9-14)8-10-6-4-3-5-7-10/h3-7,11-12,14H,8-9H2,1-2H3/t11-/m0/s1. The van der Waals surface area contributed by atoms with Gasteiger partial charge in [-0.25, -0.2) is 0 Å². The molecule has 1 atom stereocenters. The molecule has 0 unspecified atom stereocenters. The first-order valence-electron chi connectivity index (χ1n) is 5.30. The molecule has 0 amide bonds. The predicted molar refractivity (Wildman–Crippen MR) is 66.8 cm³/mol. The van der Waals surface area contributed by atoms with E-state index in [-0.39, 0.29) is 6.61 Å². The largest absolute Gasteiger partial charge is 0.395 e. The van der Waals surface area contributed by atoms with E-state index < -0.39 is 16.3 Å². The van der Waals surface area contributed by atoms with Gasteiger partial charge in [0.25, 0.3) is 10.2 Å². The second-order valence-corrected chi connectivity index (χ2v) is 5.89. The molecule has 1 aromatic rings. The Balaban J connectivity index is 2.68. The van der Waals surface area contributed by atoms with Crippen LogP contribution in [-0.2, 0) is 16.6 Å². The topological polar surface area (TPSA) is 69.6 Å². The van der Waals surface area contributed by atoms with Gasteiger partial charge in [0.15, 0.2) is 0 Å². The van der Waals surface area contributed by atoms with Crippen LogP contribution in [-0.4, -0.2) is 44.6 Å². The molecular weight excluding hydrogens is 240 g/mol. The number of aliphatic hydroxyl groups excluding tert-OH is 1. The van der Waals surface area contributed by atoms with Crippen molar-refractivity contribution in [3.63, 3.8) is 0 Å². The van der Waals surface area contributed by atoms with Crippen LogP contribution in [0.25, 0.3) is 0 Å². The quantitative estimate of drug-likeness (QED) is 0.754. The maximum absolute atomic E-state index is 11.6. The third-order valence-corrected chi connectivity index (χ3v) is 3.93. The minimum absolute atomic E-state index is 0.234. The molecule has 0 aromatic heterocycles. The Hall–Kier alpha value is -0.950. The third kappa shape index (κ3) is 4.43. The first-order valence-corrected chi connectivity index (χ1v) is 6.74. The summed E-state index contributed by atoms with van der Waals surface area (Å²) in [4.78, 5) is 0. The van der Waals surface area contributed by atoms with Crippen LogP contribution < -0.4 is 4.72 Å². The van der Waals surface area contributed by atoms with Crippen LogP contribution in [0.3, 0.4) is 0 Å². The average Bonchev–Trinajstić information content (AvgIpc) is 2.29. The summed E-state index contributed by atoms with van der Waals surface area (Å²) in [5.74, 6) is 0. The van der Waals surface area contributed by atoms with Gasteiger partial charge in [0.2, 0.25) is 0 Å². The minimum Gasteiger partial charge on any atom is -0.395 e. The SMILES string of the molecule is CN(C)S(=O)(=O)N[C@H](CO)Cc1ccccc1. The molecule has 96 valence electrons. The lowest BCUT2D eigenvalue weighted by molar-refractivity contribution is 0.254. The first-order chi connectivity index (χ1) is 7.95. The van der Waals surface area contributed by atoms with Crippen molar-refractivity contribution in [1.82, 2.24) is 9.03 Å². The highest BCUT2D eigenvalue weighted by atomic mass is 32.2. The summed E-state index contributed by atoms with van der Waals surface area (Å²) in [5, 5.41) is 9.19. The van der Waals surface area contributed by atoms with Crippen LogP contribution in [0.1, 0.15) is 5.56 Å². The van der Waals surface area contributed by atoms with Crippen molar-refractivity contribution in [2.75, 3.05) is 20.7 Å². The van der Waals surface area contributed by atoms with Gasteiger partial charge in [-0.15, -0.1) is 0 Å². The molecule has 1 aromatic carbocycles. The van der Waals surface area contributed by atoms with Gasteiger partial charge in [-0.1, -0.05) is 30.3 Å². The Kier molecular flexibility index (Phi) is 5.07. The molecule has 17 heavy (non-hydrogen) atoms. The molecule has 0 radical (unpaired) electrons. The van der Waals surface area contributed by atoms with E-state index in [1.165, 1.54) is 14.1 Å². The Labute approximate surface area is 102 Å². The summed E-state index contributed by atoms with van der Waals surface area (Å²) in [6, 6.07) is 8.93.